The molecular formula is C16H21N3. The molecule has 1 aromatic heterocycles. The molecule has 1 fully saturated rings. The summed E-state index contributed by atoms with van der Waals surface area (Å²) in [6.45, 7) is 5.42. The fourth-order valence-electron chi connectivity index (χ4n) is 2.76. The third-order valence-electron chi connectivity index (χ3n) is 4.10. The largest absolute Gasteiger partial charge is 0.309 e. The molecule has 1 atom stereocenters. The first-order valence-corrected chi connectivity index (χ1v) is 7.09. The standard InChI is InChI=1S/C16H21N3/c1-12-6-7-14(9-13(12)2)19-11-17-10-16(19)15-5-3-4-8-18-15/h6-7,9-11,15,18H,3-5,8H2,1-2H3. The molecule has 3 nitrogen and oxygen atoms in total. The van der Waals surface area contributed by atoms with Crippen LogP contribution < -0.4 is 5.32 Å². The predicted molar refractivity (Wildman–Crippen MR) is 77.6 cm³/mol. The van der Waals surface area contributed by atoms with Crippen LogP contribution in [0.2, 0.25) is 0 Å². The minimum Gasteiger partial charge on any atom is -0.309 e. The van der Waals surface area contributed by atoms with E-state index in [1.807, 2.05) is 12.5 Å². The summed E-state index contributed by atoms with van der Waals surface area (Å²) in [5, 5.41) is 3.60. The van der Waals surface area contributed by atoms with E-state index >= 15 is 0 Å². The van der Waals surface area contributed by atoms with Gasteiger partial charge in [-0.05, 0) is 56.5 Å². The number of imidazole rings is 1. The van der Waals surface area contributed by atoms with Gasteiger partial charge >= 0.3 is 0 Å². The average Bonchev–Trinajstić information content (AvgIpc) is 2.92. The first-order valence-electron chi connectivity index (χ1n) is 7.09. The number of nitrogens with zero attached hydrogens (tertiary/aromatic N) is 2. The summed E-state index contributed by atoms with van der Waals surface area (Å²) in [7, 11) is 0. The zero-order chi connectivity index (χ0) is 13.2. The van der Waals surface area contributed by atoms with Crippen LogP contribution in [0, 0.1) is 13.8 Å². The Morgan fingerprint density at radius 2 is 2.11 bits per heavy atom. The minimum atomic E-state index is 0.442. The second-order valence-corrected chi connectivity index (χ2v) is 5.46. The molecule has 0 saturated carbocycles. The van der Waals surface area contributed by atoms with Crippen LogP contribution in [0.5, 0.6) is 0 Å². The average molecular weight is 255 g/mol. The Bertz CT molecular complexity index is 565. The molecule has 1 aliphatic rings. The smallest absolute Gasteiger partial charge is 0.0994 e. The van der Waals surface area contributed by atoms with Crippen LogP contribution in [0.1, 0.15) is 42.1 Å². The van der Waals surface area contributed by atoms with Crippen molar-refractivity contribution in [3.63, 3.8) is 0 Å². The molecule has 100 valence electrons. The van der Waals surface area contributed by atoms with E-state index in [4.69, 9.17) is 0 Å². The topological polar surface area (TPSA) is 29.9 Å². The Labute approximate surface area is 114 Å². The highest BCUT2D eigenvalue weighted by molar-refractivity contribution is 5.41. The molecular weight excluding hydrogens is 234 g/mol. The maximum Gasteiger partial charge on any atom is 0.0994 e. The van der Waals surface area contributed by atoms with Crippen molar-refractivity contribution in [2.45, 2.75) is 39.2 Å². The molecule has 3 heteroatoms. The van der Waals surface area contributed by atoms with E-state index < -0.39 is 0 Å². The van der Waals surface area contributed by atoms with Crippen LogP contribution >= 0.6 is 0 Å². The van der Waals surface area contributed by atoms with Gasteiger partial charge in [-0.1, -0.05) is 12.5 Å². The van der Waals surface area contributed by atoms with Crippen LogP contribution in [0.15, 0.2) is 30.7 Å². The molecule has 1 aromatic carbocycles. The quantitative estimate of drug-likeness (QED) is 0.892. The Morgan fingerprint density at radius 1 is 1.21 bits per heavy atom. The van der Waals surface area contributed by atoms with Crippen LogP contribution in [-0.4, -0.2) is 16.1 Å². The predicted octanol–water partition coefficient (Wildman–Crippen LogP) is 3.30. The van der Waals surface area contributed by atoms with Crippen molar-refractivity contribution in [3.8, 4) is 5.69 Å². The number of benzene rings is 1. The lowest BCUT2D eigenvalue weighted by Crippen LogP contribution is -2.28. The van der Waals surface area contributed by atoms with E-state index in [2.05, 4.69) is 46.9 Å². The Kier molecular flexibility index (Phi) is 3.38. The number of piperidine rings is 1. The summed E-state index contributed by atoms with van der Waals surface area (Å²) in [6.07, 6.45) is 7.72. The molecule has 2 heterocycles. The van der Waals surface area contributed by atoms with E-state index in [1.54, 1.807) is 0 Å². The summed E-state index contributed by atoms with van der Waals surface area (Å²) in [5.74, 6) is 0. The van der Waals surface area contributed by atoms with Crippen molar-refractivity contribution in [2.24, 2.45) is 0 Å². The van der Waals surface area contributed by atoms with Crippen molar-refractivity contribution in [3.05, 3.63) is 47.5 Å². The van der Waals surface area contributed by atoms with Gasteiger partial charge in [0.1, 0.15) is 0 Å². The summed E-state index contributed by atoms with van der Waals surface area (Å²) >= 11 is 0. The third kappa shape index (κ3) is 2.43. The Balaban J connectivity index is 1.96. The molecule has 1 saturated heterocycles. The normalized spacial score (nSPS) is 19.6. The second kappa shape index (κ2) is 5.17. The number of hydrogen-bond donors (Lipinski definition) is 1. The van der Waals surface area contributed by atoms with Gasteiger partial charge in [-0.15, -0.1) is 0 Å². The van der Waals surface area contributed by atoms with Crippen molar-refractivity contribution in [1.29, 1.82) is 0 Å². The first-order chi connectivity index (χ1) is 9.25. The second-order valence-electron chi connectivity index (χ2n) is 5.46. The van der Waals surface area contributed by atoms with Gasteiger partial charge in [0.2, 0.25) is 0 Å². The molecule has 0 aliphatic carbocycles. The van der Waals surface area contributed by atoms with Crippen molar-refractivity contribution in [2.75, 3.05) is 6.54 Å². The lowest BCUT2D eigenvalue weighted by molar-refractivity contribution is 0.402. The maximum absolute atomic E-state index is 4.35. The molecule has 0 spiro atoms. The molecule has 2 aromatic rings. The highest BCUT2D eigenvalue weighted by Crippen LogP contribution is 2.25. The fourth-order valence-corrected chi connectivity index (χ4v) is 2.76. The molecule has 0 amide bonds. The maximum atomic E-state index is 4.35. The van der Waals surface area contributed by atoms with Crippen molar-refractivity contribution >= 4 is 0 Å². The highest BCUT2D eigenvalue weighted by atomic mass is 15.1. The van der Waals surface area contributed by atoms with E-state index in [9.17, 15) is 0 Å². The van der Waals surface area contributed by atoms with Crippen molar-refractivity contribution < 1.29 is 0 Å². The van der Waals surface area contributed by atoms with Gasteiger partial charge in [0.05, 0.1) is 18.2 Å². The van der Waals surface area contributed by atoms with Gasteiger partial charge < -0.3 is 9.88 Å². The SMILES string of the molecule is Cc1ccc(-n2cncc2C2CCCCN2)cc1C. The molecule has 1 N–H and O–H groups in total. The van der Waals surface area contributed by atoms with Crippen LogP contribution in [0.25, 0.3) is 5.69 Å². The van der Waals surface area contributed by atoms with Crippen LogP contribution in [0.4, 0.5) is 0 Å². The Morgan fingerprint density at radius 3 is 2.84 bits per heavy atom. The van der Waals surface area contributed by atoms with Gasteiger partial charge in [-0.25, -0.2) is 4.98 Å². The molecule has 3 rings (SSSR count). The summed E-state index contributed by atoms with van der Waals surface area (Å²) in [6, 6.07) is 7.04. The molecule has 0 radical (unpaired) electrons. The monoisotopic (exact) mass is 255 g/mol. The minimum absolute atomic E-state index is 0.442. The summed E-state index contributed by atoms with van der Waals surface area (Å²) in [4.78, 5) is 4.35. The van der Waals surface area contributed by atoms with Gasteiger partial charge in [0, 0.05) is 11.7 Å². The van der Waals surface area contributed by atoms with Crippen LogP contribution in [0.3, 0.4) is 0 Å². The molecule has 19 heavy (non-hydrogen) atoms. The number of hydrogen-bond acceptors (Lipinski definition) is 2. The number of aromatic nitrogens is 2. The number of rotatable bonds is 2. The Hall–Kier alpha value is -1.61. The third-order valence-corrected chi connectivity index (χ3v) is 4.10. The van der Waals surface area contributed by atoms with Crippen molar-refractivity contribution in [1.82, 2.24) is 14.9 Å². The van der Waals surface area contributed by atoms with E-state index in [0.717, 1.165) is 6.54 Å². The number of aryl methyl sites for hydroxylation is 2. The van der Waals surface area contributed by atoms with E-state index in [0.29, 0.717) is 6.04 Å². The van der Waals surface area contributed by atoms with Gasteiger partial charge in [-0.3, -0.25) is 0 Å². The fraction of sp³-hybridized carbons (Fsp3) is 0.438. The van der Waals surface area contributed by atoms with E-state index in [-0.39, 0.29) is 0 Å². The van der Waals surface area contributed by atoms with Crippen LogP contribution in [-0.2, 0) is 0 Å². The lowest BCUT2D eigenvalue weighted by atomic mass is 10.0. The zero-order valence-corrected chi connectivity index (χ0v) is 11.7. The molecule has 0 bridgehead atoms. The highest BCUT2D eigenvalue weighted by Gasteiger charge is 2.18. The summed E-state index contributed by atoms with van der Waals surface area (Å²) < 4.78 is 2.22. The van der Waals surface area contributed by atoms with Gasteiger partial charge in [0.15, 0.2) is 0 Å². The first kappa shape index (κ1) is 12.4. The molecule has 1 aliphatic heterocycles. The van der Waals surface area contributed by atoms with E-state index in [1.165, 1.54) is 41.8 Å². The zero-order valence-electron chi connectivity index (χ0n) is 11.7. The molecule has 1 unspecified atom stereocenters. The summed E-state index contributed by atoms with van der Waals surface area (Å²) in [5.41, 5.74) is 5.15. The van der Waals surface area contributed by atoms with Gasteiger partial charge in [0.25, 0.3) is 0 Å². The lowest BCUT2D eigenvalue weighted by Gasteiger charge is -2.24. The van der Waals surface area contributed by atoms with Gasteiger partial charge in [-0.2, -0.15) is 0 Å². The number of nitrogens with one attached hydrogen (secondary N) is 1.